The molecule has 1 aliphatic carbocycles. The third kappa shape index (κ3) is 2.16. The Morgan fingerprint density at radius 2 is 2.00 bits per heavy atom. The first-order valence-corrected chi connectivity index (χ1v) is 7.40. The summed E-state index contributed by atoms with van der Waals surface area (Å²) in [6.07, 6.45) is -2.67. The average molecular weight is 300 g/mol. The van der Waals surface area contributed by atoms with Crippen LogP contribution >= 0.6 is 11.3 Å². The molecule has 0 bridgehead atoms. The van der Waals surface area contributed by atoms with Gasteiger partial charge in [0.2, 0.25) is 0 Å². The summed E-state index contributed by atoms with van der Waals surface area (Å²) in [5.74, 6) is 0.0620. The van der Waals surface area contributed by atoms with Crippen LogP contribution in [-0.2, 0) is 6.18 Å². The zero-order valence-corrected chi connectivity index (χ0v) is 12.0. The second-order valence-electron chi connectivity index (χ2n) is 5.58. The van der Waals surface area contributed by atoms with Gasteiger partial charge in [-0.25, -0.2) is 4.98 Å². The van der Waals surface area contributed by atoms with Crippen LogP contribution < -0.4 is 5.73 Å². The smallest absolute Gasteiger partial charge is 0.375 e. The molecular weight excluding hydrogens is 285 g/mol. The van der Waals surface area contributed by atoms with Gasteiger partial charge in [-0.3, -0.25) is 0 Å². The summed E-state index contributed by atoms with van der Waals surface area (Å²) in [4.78, 5) is 4.05. The third-order valence-corrected chi connectivity index (χ3v) is 4.58. The van der Waals surface area contributed by atoms with Crippen molar-refractivity contribution in [2.45, 2.75) is 44.7 Å². The lowest BCUT2D eigenvalue weighted by atomic mass is 9.89. The molecule has 0 radical (unpaired) electrons. The second kappa shape index (κ2) is 4.35. The van der Waals surface area contributed by atoms with Gasteiger partial charge < -0.3 is 5.73 Å². The first kappa shape index (κ1) is 13.7. The second-order valence-corrected chi connectivity index (χ2v) is 6.61. The number of fused-ring (bicyclic) bond motifs is 1. The fourth-order valence-electron chi connectivity index (χ4n) is 2.74. The molecule has 3 rings (SSSR count). The van der Waals surface area contributed by atoms with Crippen molar-refractivity contribution in [2.24, 2.45) is 0 Å². The van der Waals surface area contributed by atoms with Crippen LogP contribution in [0.3, 0.4) is 0 Å². The van der Waals surface area contributed by atoms with Gasteiger partial charge in [-0.15, -0.1) is 0 Å². The van der Waals surface area contributed by atoms with E-state index in [4.69, 9.17) is 5.73 Å². The predicted octanol–water partition coefficient (Wildman–Crippen LogP) is 4.90. The maximum absolute atomic E-state index is 13.4. The lowest BCUT2D eigenvalue weighted by Crippen LogP contribution is -2.12. The number of alkyl halides is 3. The van der Waals surface area contributed by atoms with Crippen molar-refractivity contribution >= 4 is 26.7 Å². The van der Waals surface area contributed by atoms with E-state index in [2.05, 4.69) is 4.98 Å². The van der Waals surface area contributed by atoms with E-state index in [0.717, 1.165) is 23.1 Å². The molecule has 0 atom stereocenters. The molecule has 1 fully saturated rings. The van der Waals surface area contributed by atoms with Crippen LogP contribution in [0.2, 0.25) is 0 Å². The molecule has 1 aliphatic rings. The van der Waals surface area contributed by atoms with Crippen LogP contribution in [0.15, 0.2) is 6.07 Å². The quantitative estimate of drug-likeness (QED) is 0.857. The molecule has 6 heteroatoms. The highest BCUT2D eigenvalue weighted by Gasteiger charge is 2.41. The van der Waals surface area contributed by atoms with E-state index in [1.165, 1.54) is 17.4 Å². The van der Waals surface area contributed by atoms with Crippen LogP contribution in [0, 0.1) is 0 Å². The van der Waals surface area contributed by atoms with Crippen LogP contribution in [0.25, 0.3) is 10.2 Å². The lowest BCUT2D eigenvalue weighted by Gasteiger charge is -2.19. The van der Waals surface area contributed by atoms with Crippen LogP contribution in [0.1, 0.15) is 55.2 Å². The number of hydrogen-bond donors (Lipinski definition) is 1. The Kier molecular flexibility index (Phi) is 2.97. The number of aromatic nitrogens is 1. The van der Waals surface area contributed by atoms with Crippen molar-refractivity contribution in [3.8, 4) is 0 Å². The van der Waals surface area contributed by atoms with Crippen molar-refractivity contribution in [3.63, 3.8) is 0 Å². The van der Waals surface area contributed by atoms with Crippen molar-refractivity contribution in [1.82, 2.24) is 4.98 Å². The SMILES string of the molecule is CC(C)c1c(C2CC2)c(C(F)(F)F)cc2nc(N)sc12. The molecule has 2 N–H and O–H groups in total. The monoisotopic (exact) mass is 300 g/mol. The maximum Gasteiger partial charge on any atom is 0.416 e. The van der Waals surface area contributed by atoms with E-state index in [1.54, 1.807) is 0 Å². The summed E-state index contributed by atoms with van der Waals surface area (Å²) in [6.45, 7) is 3.85. The van der Waals surface area contributed by atoms with Gasteiger partial charge in [0.25, 0.3) is 0 Å². The van der Waals surface area contributed by atoms with Crippen molar-refractivity contribution < 1.29 is 13.2 Å². The Labute approximate surface area is 118 Å². The van der Waals surface area contributed by atoms with Gasteiger partial charge in [-0.1, -0.05) is 25.2 Å². The number of halogens is 3. The molecule has 1 aromatic carbocycles. The normalized spacial score (nSPS) is 16.3. The van der Waals surface area contributed by atoms with Crippen molar-refractivity contribution in [3.05, 3.63) is 22.8 Å². The average Bonchev–Trinajstić information content (AvgIpc) is 3.07. The summed E-state index contributed by atoms with van der Waals surface area (Å²) in [5.41, 5.74) is 6.79. The standard InChI is InChI=1S/C14H15F3N2S/c1-6(2)10-11(7-3-4-7)8(14(15,16)17)5-9-12(10)20-13(18)19-9/h5-7H,3-4H2,1-2H3,(H2,18,19). The number of thiazole rings is 1. The molecular formula is C14H15F3N2S. The number of nitrogens with zero attached hydrogens (tertiary/aromatic N) is 1. The van der Waals surface area contributed by atoms with Crippen molar-refractivity contribution in [1.29, 1.82) is 0 Å². The lowest BCUT2D eigenvalue weighted by molar-refractivity contribution is -0.138. The minimum atomic E-state index is -4.34. The van der Waals surface area contributed by atoms with Crippen LogP contribution in [-0.4, -0.2) is 4.98 Å². The Morgan fingerprint density at radius 1 is 1.35 bits per heavy atom. The molecule has 0 unspecified atom stereocenters. The molecule has 2 nitrogen and oxygen atoms in total. The topological polar surface area (TPSA) is 38.9 Å². The molecule has 20 heavy (non-hydrogen) atoms. The number of nitrogen functional groups attached to an aromatic ring is 1. The Balaban J connectivity index is 2.40. The molecule has 0 aliphatic heterocycles. The molecule has 0 spiro atoms. The molecule has 1 heterocycles. The van der Waals surface area contributed by atoms with E-state index >= 15 is 0 Å². The zero-order valence-electron chi connectivity index (χ0n) is 11.2. The van der Waals surface area contributed by atoms with Gasteiger partial charge >= 0.3 is 6.18 Å². The van der Waals surface area contributed by atoms with Gasteiger partial charge in [0, 0.05) is 0 Å². The summed E-state index contributed by atoms with van der Waals surface area (Å²) in [7, 11) is 0. The minimum absolute atomic E-state index is 0.0234. The largest absolute Gasteiger partial charge is 0.416 e. The van der Waals surface area contributed by atoms with Gasteiger partial charge in [-0.05, 0) is 41.9 Å². The van der Waals surface area contributed by atoms with Crippen LogP contribution in [0.5, 0.6) is 0 Å². The Morgan fingerprint density at radius 3 is 2.50 bits per heavy atom. The predicted molar refractivity (Wildman–Crippen MR) is 75.1 cm³/mol. The fourth-order valence-corrected chi connectivity index (χ4v) is 3.76. The van der Waals surface area contributed by atoms with Gasteiger partial charge in [0.05, 0.1) is 15.8 Å². The van der Waals surface area contributed by atoms with E-state index < -0.39 is 11.7 Å². The van der Waals surface area contributed by atoms with Crippen molar-refractivity contribution in [2.75, 3.05) is 5.73 Å². The van der Waals surface area contributed by atoms with Gasteiger partial charge in [0.1, 0.15) is 0 Å². The summed E-state index contributed by atoms with van der Waals surface area (Å²) < 4.78 is 40.9. The molecule has 0 amide bonds. The van der Waals surface area contributed by atoms with E-state index in [-0.39, 0.29) is 11.8 Å². The van der Waals surface area contributed by atoms with Gasteiger partial charge in [0.15, 0.2) is 5.13 Å². The highest BCUT2D eigenvalue weighted by atomic mass is 32.1. The van der Waals surface area contributed by atoms with E-state index in [9.17, 15) is 13.2 Å². The number of nitrogens with two attached hydrogens (primary N) is 1. The fraction of sp³-hybridized carbons (Fsp3) is 0.500. The third-order valence-electron chi connectivity index (χ3n) is 3.64. The first-order valence-electron chi connectivity index (χ1n) is 6.59. The van der Waals surface area contributed by atoms with E-state index in [0.29, 0.717) is 16.2 Å². The molecule has 108 valence electrons. The first-order chi connectivity index (χ1) is 9.29. The molecule has 2 aromatic rings. The molecule has 0 saturated heterocycles. The minimum Gasteiger partial charge on any atom is -0.375 e. The zero-order chi connectivity index (χ0) is 14.7. The maximum atomic E-state index is 13.4. The summed E-state index contributed by atoms with van der Waals surface area (Å²) in [5, 5.41) is 0.322. The van der Waals surface area contributed by atoms with Crippen LogP contribution in [0.4, 0.5) is 18.3 Å². The Bertz CT molecular complexity index is 669. The van der Waals surface area contributed by atoms with Gasteiger partial charge in [-0.2, -0.15) is 13.2 Å². The van der Waals surface area contributed by atoms with E-state index in [1.807, 2.05) is 13.8 Å². The highest BCUT2D eigenvalue weighted by Crippen LogP contribution is 2.51. The summed E-state index contributed by atoms with van der Waals surface area (Å²) >= 11 is 1.29. The summed E-state index contributed by atoms with van der Waals surface area (Å²) in [6, 6.07) is 1.17. The number of rotatable bonds is 2. The number of anilines is 1. The highest BCUT2D eigenvalue weighted by molar-refractivity contribution is 7.22. The Hall–Kier alpha value is -1.30. The number of hydrogen-bond acceptors (Lipinski definition) is 3. The number of benzene rings is 1. The molecule has 1 aromatic heterocycles. The molecule has 1 saturated carbocycles.